The third-order valence-corrected chi connectivity index (χ3v) is 6.57. The van der Waals surface area contributed by atoms with Crippen LogP contribution in [0.1, 0.15) is 38.7 Å². The number of rotatable bonds is 7. The van der Waals surface area contributed by atoms with E-state index >= 15 is 0 Å². The summed E-state index contributed by atoms with van der Waals surface area (Å²) >= 11 is 6.14. The Kier molecular flexibility index (Phi) is 8.98. The van der Waals surface area contributed by atoms with Crippen molar-refractivity contribution in [3.8, 4) is 5.75 Å². The summed E-state index contributed by atoms with van der Waals surface area (Å²) in [6.45, 7) is 3.76. The van der Waals surface area contributed by atoms with Gasteiger partial charge < -0.3 is 21.1 Å². The minimum absolute atomic E-state index is 0.116. The second-order valence-corrected chi connectivity index (χ2v) is 9.09. The van der Waals surface area contributed by atoms with Gasteiger partial charge >= 0.3 is 6.03 Å². The van der Waals surface area contributed by atoms with Crippen molar-refractivity contribution in [1.29, 1.82) is 0 Å². The van der Waals surface area contributed by atoms with Crippen LogP contribution in [0, 0.1) is 5.92 Å². The average Bonchev–Trinajstić information content (AvgIpc) is 3.11. The van der Waals surface area contributed by atoms with Gasteiger partial charge in [-0.3, -0.25) is 14.5 Å². The van der Waals surface area contributed by atoms with E-state index < -0.39 is 23.8 Å². The second-order valence-electron chi connectivity index (χ2n) is 8.66. The number of ether oxygens (including phenoxy) is 1. The van der Waals surface area contributed by atoms with Crippen LogP contribution in [0.5, 0.6) is 5.75 Å². The normalized spacial score (nSPS) is 19.5. The van der Waals surface area contributed by atoms with Gasteiger partial charge in [-0.25, -0.2) is 4.79 Å². The zero-order chi connectivity index (χ0) is 25.5. The van der Waals surface area contributed by atoms with Crippen molar-refractivity contribution < 1.29 is 19.1 Å². The monoisotopic (exact) mass is 500 g/mol. The Morgan fingerprint density at radius 1 is 1.34 bits per heavy atom. The Balaban J connectivity index is 1.80. The summed E-state index contributed by atoms with van der Waals surface area (Å²) < 4.78 is 5.40. The molecule has 4 N–H and O–H groups in total. The number of amides is 4. The smallest absolute Gasteiger partial charge is 0.325 e. The molecule has 2 atom stereocenters. The number of nitrogens with two attached hydrogens (primary N) is 1. The van der Waals surface area contributed by atoms with Crippen molar-refractivity contribution in [1.82, 2.24) is 15.5 Å². The van der Waals surface area contributed by atoms with Crippen molar-refractivity contribution in [2.24, 2.45) is 11.7 Å². The first-order valence-corrected chi connectivity index (χ1v) is 12.2. The van der Waals surface area contributed by atoms with Gasteiger partial charge in [0.1, 0.15) is 12.3 Å². The van der Waals surface area contributed by atoms with Crippen LogP contribution in [-0.4, -0.2) is 49.0 Å². The van der Waals surface area contributed by atoms with E-state index in [1.165, 1.54) is 7.11 Å². The molecule has 0 saturated carbocycles. The van der Waals surface area contributed by atoms with Crippen LogP contribution in [0.3, 0.4) is 0 Å². The third kappa shape index (κ3) is 6.45. The lowest BCUT2D eigenvalue weighted by Crippen LogP contribution is -2.50. The van der Waals surface area contributed by atoms with Crippen LogP contribution in [0.25, 0.3) is 0 Å². The molecule has 8 nitrogen and oxygen atoms in total. The van der Waals surface area contributed by atoms with E-state index in [9.17, 15) is 14.4 Å². The summed E-state index contributed by atoms with van der Waals surface area (Å²) in [5.74, 6) is -0.880. The Morgan fingerprint density at radius 3 is 2.80 bits per heavy atom. The summed E-state index contributed by atoms with van der Waals surface area (Å²) in [4.78, 5) is 40.0. The average molecular weight is 501 g/mol. The van der Waals surface area contributed by atoms with E-state index in [1.54, 1.807) is 18.2 Å². The van der Waals surface area contributed by atoms with E-state index in [1.807, 2.05) is 32.1 Å². The van der Waals surface area contributed by atoms with Crippen molar-refractivity contribution in [3.05, 3.63) is 63.9 Å². The number of carbonyl (C=O) groups excluding carboxylic acids is 3. The largest absolute Gasteiger partial charge is 0.496 e. The lowest BCUT2D eigenvalue weighted by molar-refractivity contribution is -0.133. The topological polar surface area (TPSA) is 114 Å². The molecule has 1 aliphatic carbocycles. The molecule has 1 saturated heterocycles. The lowest BCUT2D eigenvalue weighted by Gasteiger charge is -2.26. The molecule has 188 valence electrons. The molecule has 2 unspecified atom stereocenters. The lowest BCUT2D eigenvalue weighted by atomic mass is 9.97. The van der Waals surface area contributed by atoms with E-state index in [2.05, 4.69) is 10.6 Å². The number of benzene rings is 1. The van der Waals surface area contributed by atoms with E-state index in [-0.39, 0.29) is 25.6 Å². The van der Waals surface area contributed by atoms with Gasteiger partial charge in [0.25, 0.3) is 0 Å². The Hall–Kier alpha value is -3.26. The van der Waals surface area contributed by atoms with Crippen LogP contribution >= 0.6 is 11.6 Å². The minimum Gasteiger partial charge on any atom is -0.496 e. The van der Waals surface area contributed by atoms with E-state index in [0.29, 0.717) is 29.3 Å². The molecule has 1 fully saturated rings. The number of methoxy groups -OCH3 is 1. The van der Waals surface area contributed by atoms with Crippen molar-refractivity contribution in [3.63, 3.8) is 0 Å². The first kappa shape index (κ1) is 26.3. The number of nitrogens with one attached hydrogen (secondary N) is 2. The van der Waals surface area contributed by atoms with Gasteiger partial charge in [-0.2, -0.15) is 0 Å². The summed E-state index contributed by atoms with van der Waals surface area (Å²) in [6.07, 6.45) is 8.25. The number of carbonyl (C=O) groups is 3. The highest BCUT2D eigenvalue weighted by Gasteiger charge is 2.35. The second kappa shape index (κ2) is 11.9. The number of halogens is 1. The molecular formula is C26H33ClN4O4. The summed E-state index contributed by atoms with van der Waals surface area (Å²) in [5, 5.41) is 6.19. The zero-order valence-corrected chi connectivity index (χ0v) is 21.2. The number of urea groups is 1. The number of nitrogens with zero attached hydrogens (tertiary/aromatic N) is 1. The minimum atomic E-state index is -0.648. The predicted octanol–water partition coefficient (Wildman–Crippen LogP) is 3.46. The zero-order valence-electron chi connectivity index (χ0n) is 20.4. The summed E-state index contributed by atoms with van der Waals surface area (Å²) in [7, 11) is 1.54. The van der Waals surface area contributed by atoms with Crippen LogP contribution in [0.4, 0.5) is 4.79 Å². The Bertz CT molecular complexity index is 1080. The highest BCUT2D eigenvalue weighted by atomic mass is 35.5. The molecule has 0 spiro atoms. The van der Waals surface area contributed by atoms with Crippen LogP contribution in [-0.2, 0) is 16.0 Å². The SMILES string of the molecule is CCC1=C(N)C=C(C(CC)NC(=O)N2CC(=O)NCC(Cc3cc(Cl)ccc3OC)C2=O)CC=C1. The molecule has 0 bridgehead atoms. The maximum atomic E-state index is 13.4. The van der Waals surface area contributed by atoms with Crippen LogP contribution < -0.4 is 21.1 Å². The fourth-order valence-electron chi connectivity index (χ4n) is 4.36. The van der Waals surface area contributed by atoms with Crippen LogP contribution in [0.15, 0.2) is 53.3 Å². The Labute approximate surface area is 211 Å². The maximum absolute atomic E-state index is 13.4. The molecular weight excluding hydrogens is 468 g/mol. The molecule has 0 aromatic heterocycles. The number of imide groups is 1. The molecule has 0 radical (unpaired) electrons. The quantitative estimate of drug-likeness (QED) is 0.530. The molecule has 3 rings (SSSR count). The molecule has 9 heteroatoms. The number of hydrogen-bond acceptors (Lipinski definition) is 5. The van der Waals surface area contributed by atoms with Gasteiger partial charge in [0.2, 0.25) is 11.8 Å². The highest BCUT2D eigenvalue weighted by Crippen LogP contribution is 2.27. The Morgan fingerprint density at radius 2 is 2.11 bits per heavy atom. The number of hydrogen-bond donors (Lipinski definition) is 3. The first-order valence-electron chi connectivity index (χ1n) is 11.8. The molecule has 2 aliphatic rings. The molecule has 1 aromatic carbocycles. The van der Waals surface area contributed by atoms with Gasteiger partial charge in [0.15, 0.2) is 0 Å². The van der Waals surface area contributed by atoms with Gasteiger partial charge in [-0.05, 0) is 66.7 Å². The summed E-state index contributed by atoms with van der Waals surface area (Å²) in [6, 6.07) is 4.23. The van der Waals surface area contributed by atoms with Crippen molar-refractivity contribution in [2.75, 3.05) is 20.2 Å². The van der Waals surface area contributed by atoms with Gasteiger partial charge in [0, 0.05) is 17.3 Å². The molecule has 1 heterocycles. The fourth-order valence-corrected chi connectivity index (χ4v) is 4.55. The molecule has 1 aromatic rings. The molecule has 1 aliphatic heterocycles. The fraction of sp³-hybridized carbons (Fsp3) is 0.423. The number of allylic oxidation sites excluding steroid dienone is 4. The first-order chi connectivity index (χ1) is 16.8. The van der Waals surface area contributed by atoms with Gasteiger partial charge in [0.05, 0.1) is 19.1 Å². The molecule has 35 heavy (non-hydrogen) atoms. The van der Waals surface area contributed by atoms with Crippen LogP contribution in [0.2, 0.25) is 5.02 Å². The third-order valence-electron chi connectivity index (χ3n) is 6.34. The molecule has 4 amide bonds. The highest BCUT2D eigenvalue weighted by molar-refractivity contribution is 6.30. The van der Waals surface area contributed by atoms with Gasteiger partial charge in [-0.1, -0.05) is 37.6 Å². The predicted molar refractivity (Wildman–Crippen MR) is 136 cm³/mol. The van der Waals surface area contributed by atoms with E-state index in [4.69, 9.17) is 22.1 Å². The summed E-state index contributed by atoms with van der Waals surface area (Å²) in [5.41, 5.74) is 9.62. The standard InChI is InChI=1S/C26H33ClN4O4/c1-4-16-7-6-8-17(13-21(16)28)22(5-2)30-26(34)31-15-24(32)29-14-19(25(31)33)11-18-12-20(27)9-10-23(18)35-3/h6-7,9-10,12-13,19,22H,4-5,8,11,14-15,28H2,1-3H3,(H,29,32)(H,30,34). The maximum Gasteiger partial charge on any atom is 0.325 e. The van der Waals surface area contributed by atoms with E-state index in [0.717, 1.165) is 28.0 Å². The van der Waals surface area contributed by atoms with Gasteiger partial charge in [-0.15, -0.1) is 0 Å². The van der Waals surface area contributed by atoms with Crippen molar-refractivity contribution >= 4 is 29.4 Å². The van der Waals surface area contributed by atoms with Crippen molar-refractivity contribution in [2.45, 2.75) is 45.6 Å².